The maximum Gasteiger partial charge on any atom is 0.344 e. The molecule has 0 fully saturated rings. The normalized spacial score (nSPS) is 14.2. The zero-order valence-corrected chi connectivity index (χ0v) is 30.7. The Balaban J connectivity index is 1.63. The topological polar surface area (TPSA) is 124 Å². The van der Waals surface area contributed by atoms with Crippen LogP contribution in [0.3, 0.4) is 0 Å². The smallest absolute Gasteiger partial charge is 0.344 e. The Morgan fingerprint density at radius 2 is 1.72 bits per heavy atom. The highest BCUT2D eigenvalue weighted by Crippen LogP contribution is 2.35. The molecule has 3 amide bonds. The number of carbonyl (C=O) groups excluding carboxylic acids is 4. The van der Waals surface area contributed by atoms with Crippen molar-refractivity contribution in [2.75, 3.05) is 26.1 Å². The standard InChI is InChI=1S/C38H36IN3O7S/c1-5-8-19-28(6-2)42-37(46)29(20-25-21-30(39)35(31(22-25)47-4)49-23-33(44)48-7-3)36(45)41-38(42)50-24-32(43)40-34(26-15-11-9-12-16-26)27-17-13-10-14-18-27/h5-6,8-22,34H,1,7,23-24H2,2-4H3,(H,40,43)/b19-8-,28-6+,29-20+. The van der Waals surface area contributed by atoms with Gasteiger partial charge in [-0.15, -0.1) is 0 Å². The molecule has 1 aliphatic heterocycles. The second kappa shape index (κ2) is 18.7. The first kappa shape index (κ1) is 37.9. The Labute approximate surface area is 309 Å². The average Bonchev–Trinajstić information content (AvgIpc) is 3.12. The van der Waals surface area contributed by atoms with Crippen molar-refractivity contribution in [1.82, 2.24) is 10.2 Å². The van der Waals surface area contributed by atoms with Crippen LogP contribution in [0.15, 0.2) is 120 Å². The van der Waals surface area contributed by atoms with Crippen LogP contribution in [0.2, 0.25) is 0 Å². The fourth-order valence-electron chi connectivity index (χ4n) is 4.86. The van der Waals surface area contributed by atoms with Crippen molar-refractivity contribution >= 4 is 69.3 Å². The minimum Gasteiger partial charge on any atom is -0.493 e. The first-order valence-corrected chi connectivity index (χ1v) is 17.6. The van der Waals surface area contributed by atoms with E-state index >= 15 is 0 Å². The number of hydrogen-bond donors (Lipinski definition) is 1. The van der Waals surface area contributed by atoms with Crippen molar-refractivity contribution in [3.63, 3.8) is 0 Å². The van der Waals surface area contributed by atoms with Gasteiger partial charge in [0.1, 0.15) is 5.57 Å². The molecule has 0 unspecified atom stereocenters. The number of ether oxygens (including phenoxy) is 3. The number of amidine groups is 1. The SMILES string of the molecule is C=C/C=C\C(=C/C)N1C(=O)/C(=C/c2cc(I)c(OCC(=O)OCC)c(OC)c2)C(=O)N=C1SCC(=O)NC(c1ccccc1)c1ccccc1. The summed E-state index contributed by atoms with van der Waals surface area (Å²) in [6.45, 7) is 7.07. The molecule has 0 bridgehead atoms. The summed E-state index contributed by atoms with van der Waals surface area (Å²) in [4.78, 5) is 58.3. The van der Waals surface area contributed by atoms with Crippen LogP contribution in [-0.4, -0.2) is 59.8 Å². The second-order valence-electron chi connectivity index (χ2n) is 10.4. The lowest BCUT2D eigenvalue weighted by Crippen LogP contribution is -2.42. The van der Waals surface area contributed by atoms with Crippen molar-refractivity contribution in [3.8, 4) is 11.5 Å². The largest absolute Gasteiger partial charge is 0.493 e. The fourth-order valence-corrected chi connectivity index (χ4v) is 6.45. The molecule has 0 spiro atoms. The number of halogens is 1. The number of rotatable bonds is 14. The van der Waals surface area contributed by atoms with E-state index in [1.165, 1.54) is 18.1 Å². The van der Waals surface area contributed by atoms with Crippen LogP contribution in [0.4, 0.5) is 0 Å². The Bertz CT molecular complexity index is 1820. The van der Waals surface area contributed by atoms with Crippen LogP contribution in [-0.2, 0) is 23.9 Å². The molecular formula is C38H36IN3O7S. The van der Waals surface area contributed by atoms with E-state index in [4.69, 9.17) is 14.2 Å². The lowest BCUT2D eigenvalue weighted by atomic mass is 9.99. The summed E-state index contributed by atoms with van der Waals surface area (Å²) < 4.78 is 16.6. The van der Waals surface area contributed by atoms with Gasteiger partial charge in [0.15, 0.2) is 23.3 Å². The molecule has 3 aromatic rings. The molecule has 12 heteroatoms. The number of allylic oxidation sites excluding steroid dienone is 4. The van der Waals surface area contributed by atoms with E-state index < -0.39 is 23.8 Å². The van der Waals surface area contributed by atoms with Crippen LogP contribution >= 0.6 is 34.4 Å². The van der Waals surface area contributed by atoms with E-state index in [1.807, 2.05) is 83.3 Å². The average molecular weight is 806 g/mol. The third-order valence-corrected chi connectivity index (χ3v) is 8.86. The van der Waals surface area contributed by atoms with Gasteiger partial charge in [-0.05, 0) is 77.4 Å². The van der Waals surface area contributed by atoms with Gasteiger partial charge in [0.05, 0.1) is 29.1 Å². The molecule has 1 heterocycles. The summed E-state index contributed by atoms with van der Waals surface area (Å²) in [7, 11) is 1.44. The molecule has 1 aliphatic rings. The fraction of sp³-hybridized carbons (Fsp3) is 0.184. The van der Waals surface area contributed by atoms with E-state index in [9.17, 15) is 19.2 Å². The summed E-state index contributed by atoms with van der Waals surface area (Å²) in [5.41, 5.74) is 2.51. The summed E-state index contributed by atoms with van der Waals surface area (Å²) in [5.74, 6) is -1.75. The van der Waals surface area contributed by atoms with Crippen molar-refractivity contribution in [3.05, 3.63) is 135 Å². The molecule has 3 aromatic carbocycles. The molecule has 0 saturated heterocycles. The zero-order valence-electron chi connectivity index (χ0n) is 27.8. The molecule has 0 radical (unpaired) electrons. The van der Waals surface area contributed by atoms with E-state index in [0.717, 1.165) is 22.9 Å². The third kappa shape index (κ3) is 9.82. The summed E-state index contributed by atoms with van der Waals surface area (Å²) >= 11 is 3.00. The van der Waals surface area contributed by atoms with Crippen LogP contribution in [0.25, 0.3) is 6.08 Å². The summed E-state index contributed by atoms with van der Waals surface area (Å²) in [6.07, 6.45) is 8.00. The number of thioether (sulfide) groups is 1. The minimum absolute atomic E-state index is 0.0555. The molecule has 4 rings (SSSR count). The van der Waals surface area contributed by atoms with Crippen molar-refractivity contribution in [1.29, 1.82) is 0 Å². The lowest BCUT2D eigenvalue weighted by molar-refractivity contribution is -0.145. The predicted molar refractivity (Wildman–Crippen MR) is 204 cm³/mol. The molecule has 0 aliphatic carbocycles. The highest BCUT2D eigenvalue weighted by molar-refractivity contribution is 14.1. The Kier molecular flexibility index (Phi) is 14.2. The number of nitrogens with zero attached hydrogens (tertiary/aromatic N) is 2. The zero-order chi connectivity index (χ0) is 36.0. The molecule has 10 nitrogen and oxygen atoms in total. The van der Waals surface area contributed by atoms with Gasteiger partial charge in [0.2, 0.25) is 5.91 Å². The van der Waals surface area contributed by atoms with E-state index in [-0.39, 0.29) is 35.6 Å². The van der Waals surface area contributed by atoms with Gasteiger partial charge in [-0.2, -0.15) is 4.99 Å². The molecule has 0 aromatic heterocycles. The molecule has 1 N–H and O–H groups in total. The lowest BCUT2D eigenvalue weighted by Gasteiger charge is -2.28. The molecular weight excluding hydrogens is 769 g/mol. The Morgan fingerprint density at radius 3 is 2.30 bits per heavy atom. The number of esters is 1. The van der Waals surface area contributed by atoms with Crippen LogP contribution in [0, 0.1) is 3.57 Å². The number of benzene rings is 3. The minimum atomic E-state index is -0.764. The highest BCUT2D eigenvalue weighted by Gasteiger charge is 2.35. The molecule has 50 heavy (non-hydrogen) atoms. The van der Waals surface area contributed by atoms with E-state index in [2.05, 4.69) is 16.9 Å². The number of nitrogens with one attached hydrogen (secondary N) is 1. The van der Waals surface area contributed by atoms with Crippen molar-refractivity contribution < 1.29 is 33.4 Å². The van der Waals surface area contributed by atoms with Crippen molar-refractivity contribution in [2.45, 2.75) is 19.9 Å². The van der Waals surface area contributed by atoms with Crippen LogP contribution in [0.5, 0.6) is 11.5 Å². The Morgan fingerprint density at radius 1 is 1.06 bits per heavy atom. The Hall–Kier alpha value is -4.95. The number of aliphatic imine (C=N–C) groups is 1. The van der Waals surface area contributed by atoms with Gasteiger partial charge >= 0.3 is 5.97 Å². The van der Waals surface area contributed by atoms with E-state index in [0.29, 0.717) is 26.3 Å². The highest BCUT2D eigenvalue weighted by atomic mass is 127. The number of carbonyl (C=O) groups is 4. The quantitative estimate of drug-likeness (QED) is 0.0634. The first-order chi connectivity index (χ1) is 24.2. The maximum absolute atomic E-state index is 14.1. The first-order valence-electron chi connectivity index (χ1n) is 15.5. The second-order valence-corrected chi connectivity index (χ2v) is 12.5. The third-order valence-electron chi connectivity index (χ3n) is 7.12. The molecule has 258 valence electrons. The van der Waals surface area contributed by atoms with Gasteiger partial charge in [-0.1, -0.05) is 97.2 Å². The van der Waals surface area contributed by atoms with Gasteiger partial charge in [0, 0.05) is 5.70 Å². The van der Waals surface area contributed by atoms with Gasteiger partial charge in [0.25, 0.3) is 11.8 Å². The van der Waals surface area contributed by atoms with Crippen LogP contribution < -0.4 is 14.8 Å². The van der Waals surface area contributed by atoms with Gasteiger partial charge in [-0.3, -0.25) is 19.3 Å². The van der Waals surface area contributed by atoms with Crippen molar-refractivity contribution in [2.24, 2.45) is 4.99 Å². The summed E-state index contributed by atoms with van der Waals surface area (Å²) in [5, 5.41) is 3.14. The number of hydrogen-bond acceptors (Lipinski definition) is 8. The molecule has 0 atom stereocenters. The predicted octanol–water partition coefficient (Wildman–Crippen LogP) is 6.63. The monoisotopic (exact) mass is 805 g/mol. The van der Waals surface area contributed by atoms with Gasteiger partial charge in [-0.25, -0.2) is 4.79 Å². The summed E-state index contributed by atoms with van der Waals surface area (Å²) in [6, 6.07) is 22.1. The van der Waals surface area contributed by atoms with Gasteiger partial charge < -0.3 is 19.5 Å². The number of amides is 3. The molecule has 0 saturated carbocycles. The number of methoxy groups -OCH3 is 1. The maximum atomic E-state index is 14.1. The van der Waals surface area contributed by atoms with Crippen LogP contribution in [0.1, 0.15) is 36.6 Å². The van der Waals surface area contributed by atoms with E-state index in [1.54, 1.807) is 50.3 Å².